The average molecular weight is 195 g/mol. The lowest BCUT2D eigenvalue weighted by Gasteiger charge is -1.99. The Labute approximate surface area is 74.0 Å². The van der Waals surface area contributed by atoms with Gasteiger partial charge in [0.05, 0.1) is 5.02 Å². The molecule has 0 fully saturated rings. The summed E-state index contributed by atoms with van der Waals surface area (Å²) in [7, 11) is 0. The van der Waals surface area contributed by atoms with Gasteiger partial charge in [0.25, 0.3) is 0 Å². The smallest absolute Gasteiger partial charge is 0.147 e. The van der Waals surface area contributed by atoms with Gasteiger partial charge in [0.1, 0.15) is 5.75 Å². The first-order valence-corrected chi connectivity index (χ1v) is 3.68. The van der Waals surface area contributed by atoms with Crippen LogP contribution in [0.1, 0.15) is 0 Å². The summed E-state index contributed by atoms with van der Waals surface area (Å²) in [5.74, 6) is -0.0330. The minimum absolute atomic E-state index is 0.0330. The number of hydrogen-bond donors (Lipinski definition) is 2. The molecule has 0 aliphatic rings. The van der Waals surface area contributed by atoms with E-state index in [1.807, 2.05) is 0 Å². The SMILES string of the molecule is Oc1c(S)cc(Cl)cc1Cl. The van der Waals surface area contributed by atoms with Crippen LogP contribution in [-0.4, -0.2) is 5.11 Å². The van der Waals surface area contributed by atoms with E-state index in [1.54, 1.807) is 0 Å². The Hall–Kier alpha value is -0.0500. The molecule has 10 heavy (non-hydrogen) atoms. The molecule has 0 atom stereocenters. The Kier molecular flexibility index (Phi) is 2.34. The van der Waals surface area contributed by atoms with Crippen molar-refractivity contribution in [3.05, 3.63) is 22.2 Å². The minimum Gasteiger partial charge on any atom is -0.505 e. The van der Waals surface area contributed by atoms with Gasteiger partial charge in [0.15, 0.2) is 0 Å². The van der Waals surface area contributed by atoms with Crippen molar-refractivity contribution in [1.29, 1.82) is 0 Å². The van der Waals surface area contributed by atoms with Gasteiger partial charge in [-0.3, -0.25) is 0 Å². The summed E-state index contributed by atoms with van der Waals surface area (Å²) in [5.41, 5.74) is 0. The summed E-state index contributed by atoms with van der Waals surface area (Å²) < 4.78 is 0. The summed E-state index contributed by atoms with van der Waals surface area (Å²) in [5, 5.41) is 9.75. The van der Waals surface area contributed by atoms with E-state index in [2.05, 4.69) is 12.6 Å². The van der Waals surface area contributed by atoms with Gasteiger partial charge < -0.3 is 5.11 Å². The first-order valence-electron chi connectivity index (χ1n) is 2.48. The third kappa shape index (κ3) is 1.51. The van der Waals surface area contributed by atoms with Crippen molar-refractivity contribution in [1.82, 2.24) is 0 Å². The van der Waals surface area contributed by atoms with E-state index in [-0.39, 0.29) is 10.8 Å². The van der Waals surface area contributed by atoms with Crippen molar-refractivity contribution in [3.63, 3.8) is 0 Å². The maximum Gasteiger partial charge on any atom is 0.147 e. The van der Waals surface area contributed by atoms with Crippen LogP contribution < -0.4 is 0 Å². The quantitative estimate of drug-likeness (QED) is 0.609. The highest BCUT2D eigenvalue weighted by atomic mass is 35.5. The monoisotopic (exact) mass is 194 g/mol. The molecule has 0 saturated carbocycles. The number of halogens is 2. The molecule has 54 valence electrons. The van der Waals surface area contributed by atoms with Crippen molar-refractivity contribution < 1.29 is 5.11 Å². The van der Waals surface area contributed by atoms with Crippen LogP contribution in [0.4, 0.5) is 0 Å². The molecule has 0 aromatic heterocycles. The molecule has 0 aliphatic carbocycles. The molecule has 0 unspecified atom stereocenters. The highest BCUT2D eigenvalue weighted by Crippen LogP contribution is 2.32. The Morgan fingerprint density at radius 1 is 1.30 bits per heavy atom. The number of hydrogen-bond acceptors (Lipinski definition) is 2. The standard InChI is InChI=1S/C6H4Cl2OS/c7-3-1-4(8)6(9)5(10)2-3/h1-2,9-10H. The number of thiol groups is 1. The molecular weight excluding hydrogens is 191 g/mol. The van der Waals surface area contributed by atoms with Crippen LogP contribution in [0, 0.1) is 0 Å². The number of benzene rings is 1. The van der Waals surface area contributed by atoms with Gasteiger partial charge in [-0.05, 0) is 12.1 Å². The van der Waals surface area contributed by atoms with Crippen LogP contribution in [0.25, 0.3) is 0 Å². The van der Waals surface area contributed by atoms with E-state index in [9.17, 15) is 0 Å². The Bertz CT molecular complexity index is 239. The maximum absolute atomic E-state index is 9.06. The van der Waals surface area contributed by atoms with Crippen LogP contribution in [0.3, 0.4) is 0 Å². The second-order valence-corrected chi connectivity index (χ2v) is 3.08. The second-order valence-electron chi connectivity index (χ2n) is 1.76. The Balaban J connectivity index is 3.31. The fourth-order valence-corrected chi connectivity index (χ4v) is 1.45. The molecule has 1 nitrogen and oxygen atoms in total. The van der Waals surface area contributed by atoms with E-state index in [0.717, 1.165) is 0 Å². The fourth-order valence-electron chi connectivity index (χ4n) is 0.552. The number of phenolic OH excluding ortho intramolecular Hbond substituents is 1. The summed E-state index contributed by atoms with van der Waals surface area (Å²) in [6.07, 6.45) is 0. The van der Waals surface area contributed by atoms with Gasteiger partial charge in [-0.15, -0.1) is 12.6 Å². The molecule has 4 heteroatoms. The van der Waals surface area contributed by atoms with E-state index < -0.39 is 0 Å². The minimum atomic E-state index is -0.0330. The lowest BCUT2D eigenvalue weighted by Crippen LogP contribution is -1.72. The van der Waals surface area contributed by atoms with Gasteiger partial charge in [-0.2, -0.15) is 0 Å². The van der Waals surface area contributed by atoms with Crippen LogP contribution >= 0.6 is 35.8 Å². The van der Waals surface area contributed by atoms with Gasteiger partial charge in [0.2, 0.25) is 0 Å². The third-order valence-corrected chi connectivity index (χ3v) is 1.86. The number of phenols is 1. The second kappa shape index (κ2) is 2.91. The van der Waals surface area contributed by atoms with Crippen LogP contribution in [0.2, 0.25) is 10.0 Å². The summed E-state index contributed by atoms with van der Waals surface area (Å²) >= 11 is 15.0. The zero-order valence-corrected chi connectivity index (χ0v) is 7.21. The molecule has 0 spiro atoms. The van der Waals surface area contributed by atoms with Crippen molar-refractivity contribution in [3.8, 4) is 5.75 Å². The third-order valence-electron chi connectivity index (χ3n) is 1.01. The van der Waals surface area contributed by atoms with E-state index in [0.29, 0.717) is 9.92 Å². The molecule has 0 amide bonds. The van der Waals surface area contributed by atoms with E-state index in [1.165, 1.54) is 12.1 Å². The molecule has 0 bridgehead atoms. The Morgan fingerprint density at radius 2 is 1.90 bits per heavy atom. The summed E-state index contributed by atoms with van der Waals surface area (Å²) in [4.78, 5) is 0.387. The lowest BCUT2D eigenvalue weighted by atomic mass is 10.3. The van der Waals surface area contributed by atoms with Gasteiger partial charge in [-0.25, -0.2) is 0 Å². The van der Waals surface area contributed by atoms with Gasteiger partial charge in [0, 0.05) is 9.92 Å². The van der Waals surface area contributed by atoms with Crippen LogP contribution in [0.5, 0.6) is 5.75 Å². The molecule has 0 heterocycles. The normalized spacial score (nSPS) is 9.90. The molecule has 1 rings (SSSR count). The van der Waals surface area contributed by atoms with Crippen molar-refractivity contribution in [2.45, 2.75) is 4.90 Å². The van der Waals surface area contributed by atoms with E-state index >= 15 is 0 Å². The molecular formula is C6H4Cl2OS. The van der Waals surface area contributed by atoms with Crippen molar-refractivity contribution in [2.75, 3.05) is 0 Å². The topological polar surface area (TPSA) is 20.2 Å². The van der Waals surface area contributed by atoms with E-state index in [4.69, 9.17) is 28.3 Å². The Morgan fingerprint density at radius 3 is 2.40 bits per heavy atom. The molecule has 0 radical (unpaired) electrons. The number of aromatic hydroxyl groups is 1. The lowest BCUT2D eigenvalue weighted by molar-refractivity contribution is 0.463. The average Bonchev–Trinajstić information content (AvgIpc) is 1.82. The van der Waals surface area contributed by atoms with Crippen molar-refractivity contribution in [2.24, 2.45) is 0 Å². The van der Waals surface area contributed by atoms with Gasteiger partial charge in [-0.1, -0.05) is 23.2 Å². The zero-order valence-electron chi connectivity index (χ0n) is 4.81. The molecule has 1 N–H and O–H groups in total. The van der Waals surface area contributed by atoms with Crippen LogP contribution in [-0.2, 0) is 0 Å². The predicted octanol–water partition coefficient (Wildman–Crippen LogP) is 2.99. The zero-order chi connectivity index (χ0) is 7.72. The molecule has 0 aliphatic heterocycles. The molecule has 1 aromatic carbocycles. The highest BCUT2D eigenvalue weighted by Gasteiger charge is 2.02. The summed E-state index contributed by atoms with van der Waals surface area (Å²) in [6.45, 7) is 0. The van der Waals surface area contributed by atoms with Gasteiger partial charge >= 0.3 is 0 Å². The predicted molar refractivity (Wildman–Crippen MR) is 45.4 cm³/mol. The van der Waals surface area contributed by atoms with Crippen molar-refractivity contribution >= 4 is 35.8 Å². The summed E-state index contributed by atoms with van der Waals surface area (Å²) in [6, 6.07) is 2.98. The van der Waals surface area contributed by atoms with Crippen LogP contribution in [0.15, 0.2) is 17.0 Å². The first-order chi connectivity index (χ1) is 4.61. The fraction of sp³-hybridized carbons (Fsp3) is 0. The highest BCUT2D eigenvalue weighted by molar-refractivity contribution is 7.80. The first kappa shape index (κ1) is 8.05. The number of rotatable bonds is 0. The molecule has 0 saturated heterocycles. The largest absolute Gasteiger partial charge is 0.505 e. The maximum atomic E-state index is 9.06. The molecule has 1 aromatic rings.